The van der Waals surface area contributed by atoms with Crippen molar-refractivity contribution in [2.45, 2.75) is 39.3 Å². The summed E-state index contributed by atoms with van der Waals surface area (Å²) in [5.41, 5.74) is 0.407. The van der Waals surface area contributed by atoms with Crippen molar-refractivity contribution in [2.75, 3.05) is 20.3 Å². The van der Waals surface area contributed by atoms with Gasteiger partial charge in [0.2, 0.25) is 0 Å². The van der Waals surface area contributed by atoms with Gasteiger partial charge < -0.3 is 23.9 Å². The summed E-state index contributed by atoms with van der Waals surface area (Å²) in [5.74, 6) is -0.00915. The third kappa shape index (κ3) is 4.41. The number of rotatable bonds is 8. The number of hydrogen-bond donors (Lipinski definition) is 1. The Bertz CT molecular complexity index is 958. The highest BCUT2D eigenvalue weighted by molar-refractivity contribution is 6.46. The normalized spacial score (nSPS) is 18.4. The van der Waals surface area contributed by atoms with Crippen LogP contribution in [0, 0.1) is 6.92 Å². The summed E-state index contributed by atoms with van der Waals surface area (Å²) in [6.45, 7) is 6.33. The molecule has 1 aliphatic rings. The van der Waals surface area contributed by atoms with Gasteiger partial charge in [-0.2, -0.15) is 0 Å². The minimum atomic E-state index is -0.801. The SMILES string of the molecule is COCCCN1C(=O)C(=O)/C(=C(\O)c2cccc(OC(C)C)c2)C1c1ccc(C)o1. The number of amides is 1. The van der Waals surface area contributed by atoms with Gasteiger partial charge in [0, 0.05) is 25.8 Å². The van der Waals surface area contributed by atoms with Gasteiger partial charge >= 0.3 is 0 Å². The minimum Gasteiger partial charge on any atom is -0.507 e. The van der Waals surface area contributed by atoms with Crippen LogP contribution in [-0.4, -0.2) is 48.1 Å². The molecule has 1 N–H and O–H groups in total. The number of nitrogens with zero attached hydrogens (tertiary/aromatic N) is 1. The number of aliphatic hydroxyl groups excluding tert-OH is 1. The lowest BCUT2D eigenvalue weighted by molar-refractivity contribution is -0.140. The van der Waals surface area contributed by atoms with Crippen molar-refractivity contribution in [1.29, 1.82) is 0 Å². The molecule has 30 heavy (non-hydrogen) atoms. The third-order valence-corrected chi connectivity index (χ3v) is 4.80. The molecule has 1 fully saturated rings. The van der Waals surface area contributed by atoms with Crippen LogP contribution in [0.25, 0.3) is 5.76 Å². The van der Waals surface area contributed by atoms with Crippen LogP contribution in [-0.2, 0) is 14.3 Å². The van der Waals surface area contributed by atoms with Crippen LogP contribution in [0.1, 0.15) is 43.4 Å². The smallest absolute Gasteiger partial charge is 0.295 e. The Morgan fingerprint density at radius 2 is 2.00 bits per heavy atom. The highest BCUT2D eigenvalue weighted by Gasteiger charge is 2.47. The average molecular weight is 413 g/mol. The largest absolute Gasteiger partial charge is 0.507 e. The maximum Gasteiger partial charge on any atom is 0.295 e. The zero-order chi connectivity index (χ0) is 21.8. The maximum atomic E-state index is 12.9. The Labute approximate surface area is 175 Å². The number of carbonyl (C=O) groups excluding carboxylic acids is 2. The molecule has 1 aromatic heterocycles. The summed E-state index contributed by atoms with van der Waals surface area (Å²) in [6, 6.07) is 9.51. The van der Waals surface area contributed by atoms with Crippen LogP contribution in [0.5, 0.6) is 5.75 Å². The third-order valence-electron chi connectivity index (χ3n) is 4.80. The Balaban J connectivity index is 2.07. The molecule has 0 aliphatic carbocycles. The van der Waals surface area contributed by atoms with E-state index < -0.39 is 17.7 Å². The summed E-state index contributed by atoms with van der Waals surface area (Å²) in [7, 11) is 1.58. The van der Waals surface area contributed by atoms with E-state index in [-0.39, 0.29) is 17.4 Å². The van der Waals surface area contributed by atoms with Gasteiger partial charge in [-0.3, -0.25) is 9.59 Å². The van der Waals surface area contributed by atoms with Crippen LogP contribution >= 0.6 is 0 Å². The molecule has 1 amide bonds. The van der Waals surface area contributed by atoms with Crippen LogP contribution in [0.3, 0.4) is 0 Å². The van der Waals surface area contributed by atoms with Crippen molar-refractivity contribution >= 4 is 17.4 Å². The van der Waals surface area contributed by atoms with E-state index in [0.29, 0.717) is 42.4 Å². The van der Waals surface area contributed by atoms with Gasteiger partial charge in [0.15, 0.2) is 0 Å². The molecule has 0 bridgehead atoms. The summed E-state index contributed by atoms with van der Waals surface area (Å²) in [6.07, 6.45) is 0.511. The van der Waals surface area contributed by atoms with E-state index in [9.17, 15) is 14.7 Å². The number of furan rings is 1. The van der Waals surface area contributed by atoms with E-state index in [1.165, 1.54) is 4.90 Å². The number of methoxy groups -OCH3 is 1. The van der Waals surface area contributed by atoms with Crippen molar-refractivity contribution in [2.24, 2.45) is 0 Å². The standard InChI is InChI=1S/C23H27NO6/c1-14(2)29-17-8-5-7-16(13-17)21(25)19-20(18-10-9-15(3)30-18)24(11-6-12-28-4)23(27)22(19)26/h5,7-10,13-14,20,25H,6,11-12H2,1-4H3/b21-19-. The zero-order valence-electron chi connectivity index (χ0n) is 17.7. The molecule has 0 radical (unpaired) electrons. The quantitative estimate of drug-likeness (QED) is 0.306. The summed E-state index contributed by atoms with van der Waals surface area (Å²) in [4.78, 5) is 27.1. The number of benzene rings is 1. The van der Waals surface area contributed by atoms with E-state index in [1.54, 1.807) is 50.4 Å². The second-order valence-corrected chi connectivity index (χ2v) is 7.48. The number of ketones is 1. The highest BCUT2D eigenvalue weighted by atomic mass is 16.5. The Morgan fingerprint density at radius 1 is 1.23 bits per heavy atom. The predicted molar refractivity (Wildman–Crippen MR) is 111 cm³/mol. The Hall–Kier alpha value is -3.06. The van der Waals surface area contributed by atoms with Crippen LogP contribution < -0.4 is 4.74 Å². The highest BCUT2D eigenvalue weighted by Crippen LogP contribution is 2.40. The van der Waals surface area contributed by atoms with E-state index in [1.807, 2.05) is 13.8 Å². The van der Waals surface area contributed by atoms with Gasteiger partial charge in [-0.15, -0.1) is 0 Å². The second kappa shape index (κ2) is 9.17. The summed E-state index contributed by atoms with van der Waals surface area (Å²) in [5, 5.41) is 11.1. The molecular formula is C23H27NO6. The molecule has 7 heteroatoms. The first-order chi connectivity index (χ1) is 14.3. The molecule has 1 atom stereocenters. The molecule has 2 aromatic rings. The van der Waals surface area contributed by atoms with Crippen LogP contribution in [0.2, 0.25) is 0 Å². The topological polar surface area (TPSA) is 89.2 Å². The average Bonchev–Trinajstić information content (AvgIpc) is 3.23. The van der Waals surface area contributed by atoms with Crippen molar-refractivity contribution in [3.63, 3.8) is 0 Å². The van der Waals surface area contributed by atoms with Gasteiger partial charge in [0.05, 0.1) is 11.7 Å². The molecule has 1 unspecified atom stereocenters. The van der Waals surface area contributed by atoms with Crippen molar-refractivity contribution in [3.05, 3.63) is 59.1 Å². The van der Waals surface area contributed by atoms with Crippen molar-refractivity contribution in [3.8, 4) is 5.75 Å². The number of aryl methyl sites for hydroxylation is 1. The van der Waals surface area contributed by atoms with E-state index in [0.717, 1.165) is 0 Å². The van der Waals surface area contributed by atoms with Crippen LogP contribution in [0.15, 0.2) is 46.4 Å². The molecule has 3 rings (SSSR count). The first-order valence-corrected chi connectivity index (χ1v) is 9.94. The summed E-state index contributed by atoms with van der Waals surface area (Å²) < 4.78 is 16.5. The molecule has 1 saturated heterocycles. The fourth-order valence-corrected chi connectivity index (χ4v) is 3.53. The molecule has 0 spiro atoms. The van der Waals surface area contributed by atoms with Crippen molar-refractivity contribution in [1.82, 2.24) is 4.90 Å². The van der Waals surface area contributed by atoms with E-state index >= 15 is 0 Å². The first kappa shape index (κ1) is 21.6. The molecular weight excluding hydrogens is 386 g/mol. The molecule has 160 valence electrons. The lowest BCUT2D eigenvalue weighted by Gasteiger charge is -2.23. The minimum absolute atomic E-state index is 0.00784. The van der Waals surface area contributed by atoms with Gasteiger partial charge in [-0.25, -0.2) is 0 Å². The molecule has 2 heterocycles. The van der Waals surface area contributed by atoms with E-state index in [4.69, 9.17) is 13.9 Å². The Morgan fingerprint density at radius 3 is 2.63 bits per heavy atom. The molecule has 1 aromatic carbocycles. The number of hydrogen-bond acceptors (Lipinski definition) is 6. The van der Waals surface area contributed by atoms with Gasteiger partial charge in [-0.05, 0) is 51.5 Å². The fraction of sp³-hybridized carbons (Fsp3) is 0.391. The Kier molecular flexibility index (Phi) is 6.62. The molecule has 1 aliphatic heterocycles. The molecule has 0 saturated carbocycles. The second-order valence-electron chi connectivity index (χ2n) is 7.48. The molecule has 7 nitrogen and oxygen atoms in total. The number of likely N-dealkylation sites (tertiary alicyclic amines) is 1. The fourth-order valence-electron chi connectivity index (χ4n) is 3.53. The monoisotopic (exact) mass is 413 g/mol. The lowest BCUT2D eigenvalue weighted by Crippen LogP contribution is -2.31. The number of carbonyl (C=O) groups is 2. The maximum absolute atomic E-state index is 12.9. The van der Waals surface area contributed by atoms with E-state index in [2.05, 4.69) is 0 Å². The first-order valence-electron chi connectivity index (χ1n) is 9.94. The van der Waals surface area contributed by atoms with Crippen LogP contribution in [0.4, 0.5) is 0 Å². The number of ether oxygens (including phenoxy) is 2. The lowest BCUT2D eigenvalue weighted by atomic mass is 9.99. The summed E-state index contributed by atoms with van der Waals surface area (Å²) >= 11 is 0. The number of aliphatic hydroxyl groups is 1. The zero-order valence-corrected chi connectivity index (χ0v) is 17.7. The van der Waals surface area contributed by atoms with Gasteiger partial charge in [-0.1, -0.05) is 12.1 Å². The van der Waals surface area contributed by atoms with Gasteiger partial charge in [0.1, 0.15) is 29.1 Å². The van der Waals surface area contributed by atoms with Gasteiger partial charge in [0.25, 0.3) is 11.7 Å². The van der Waals surface area contributed by atoms with Crippen molar-refractivity contribution < 1.29 is 28.6 Å². The number of Topliss-reactive ketones (excluding diaryl/α,β-unsaturated/α-hetero) is 1. The predicted octanol–water partition coefficient (Wildman–Crippen LogP) is 3.83.